The number of aryl methyl sites for hydroxylation is 1. The van der Waals surface area contributed by atoms with Gasteiger partial charge in [0.25, 0.3) is 0 Å². The van der Waals surface area contributed by atoms with E-state index >= 15 is 0 Å². The van der Waals surface area contributed by atoms with Crippen molar-refractivity contribution < 1.29 is 14.4 Å². The first-order valence-corrected chi connectivity index (χ1v) is 9.20. The molecule has 0 aromatic heterocycles. The molecule has 1 aromatic rings. The van der Waals surface area contributed by atoms with E-state index in [1.807, 2.05) is 45.9 Å². The highest BCUT2D eigenvalue weighted by molar-refractivity contribution is 8.02. The number of anilines is 1. The van der Waals surface area contributed by atoms with Gasteiger partial charge in [0.05, 0.1) is 10.5 Å². The quantitative estimate of drug-likeness (QED) is 0.831. The van der Waals surface area contributed by atoms with E-state index in [4.69, 9.17) is 0 Å². The van der Waals surface area contributed by atoms with Crippen molar-refractivity contribution in [2.24, 2.45) is 0 Å². The maximum atomic E-state index is 12.4. The van der Waals surface area contributed by atoms with Gasteiger partial charge in [-0.2, -0.15) is 0 Å². The normalized spacial score (nSPS) is 21.1. The molecule has 6 heteroatoms. The van der Waals surface area contributed by atoms with Crippen LogP contribution >= 0.6 is 11.8 Å². The molecular formula is C18H24N2O3S. The average Bonchev–Trinajstić information content (AvgIpc) is 2.56. The van der Waals surface area contributed by atoms with E-state index in [0.717, 1.165) is 16.0 Å². The zero-order valence-electron chi connectivity index (χ0n) is 14.6. The summed E-state index contributed by atoms with van der Waals surface area (Å²) in [6.45, 7) is 7.52. The minimum atomic E-state index is -0.345. The van der Waals surface area contributed by atoms with Gasteiger partial charge in [-0.3, -0.25) is 19.3 Å². The molecule has 0 bridgehead atoms. The predicted octanol–water partition coefficient (Wildman–Crippen LogP) is 2.90. The van der Waals surface area contributed by atoms with Crippen molar-refractivity contribution in [2.75, 3.05) is 11.9 Å². The fourth-order valence-corrected chi connectivity index (χ4v) is 3.96. The predicted molar refractivity (Wildman–Crippen MR) is 97.0 cm³/mol. The summed E-state index contributed by atoms with van der Waals surface area (Å²) in [4.78, 5) is 38.4. The van der Waals surface area contributed by atoms with E-state index in [1.165, 1.54) is 11.8 Å². The van der Waals surface area contributed by atoms with E-state index in [-0.39, 0.29) is 34.8 Å². The summed E-state index contributed by atoms with van der Waals surface area (Å²) in [7, 11) is 0. The Kier molecular flexibility index (Phi) is 6.04. The second-order valence-electron chi connectivity index (χ2n) is 5.99. The molecule has 0 aliphatic carbocycles. The van der Waals surface area contributed by atoms with Crippen LogP contribution < -0.4 is 5.32 Å². The molecular weight excluding hydrogens is 324 g/mol. The van der Waals surface area contributed by atoms with Crippen molar-refractivity contribution in [3.05, 3.63) is 29.3 Å². The van der Waals surface area contributed by atoms with Gasteiger partial charge in [0.15, 0.2) is 0 Å². The van der Waals surface area contributed by atoms with Crippen LogP contribution in [-0.2, 0) is 14.4 Å². The molecule has 1 aliphatic heterocycles. The van der Waals surface area contributed by atoms with Crippen molar-refractivity contribution in [2.45, 2.75) is 51.0 Å². The number of thioether (sulfide) groups is 1. The number of nitrogens with zero attached hydrogens (tertiary/aromatic N) is 1. The molecule has 1 heterocycles. The number of hydrogen-bond acceptors (Lipinski definition) is 4. The minimum absolute atomic E-state index is 0.224. The molecule has 2 rings (SSSR count). The van der Waals surface area contributed by atoms with Crippen molar-refractivity contribution in [1.82, 2.24) is 4.90 Å². The number of carbonyl (C=O) groups excluding carboxylic acids is 3. The summed E-state index contributed by atoms with van der Waals surface area (Å²) in [5.74, 6) is -0.858. The van der Waals surface area contributed by atoms with Crippen LogP contribution in [0.25, 0.3) is 0 Å². The molecule has 130 valence electrons. The Morgan fingerprint density at radius 3 is 2.25 bits per heavy atom. The zero-order valence-corrected chi connectivity index (χ0v) is 15.4. The lowest BCUT2D eigenvalue weighted by Crippen LogP contribution is -2.53. The highest BCUT2D eigenvalue weighted by atomic mass is 32.2. The Bertz CT molecular complexity index is 638. The second kappa shape index (κ2) is 7.83. The van der Waals surface area contributed by atoms with E-state index < -0.39 is 0 Å². The highest BCUT2D eigenvalue weighted by Crippen LogP contribution is 2.31. The summed E-state index contributed by atoms with van der Waals surface area (Å²) in [5.41, 5.74) is 2.77. The van der Waals surface area contributed by atoms with Crippen LogP contribution in [0.5, 0.6) is 0 Å². The Hall–Kier alpha value is -1.82. The molecule has 5 nitrogen and oxygen atoms in total. The van der Waals surface area contributed by atoms with Crippen molar-refractivity contribution in [1.29, 1.82) is 0 Å². The number of nitrogens with one attached hydrogen (secondary N) is 1. The number of imide groups is 1. The van der Waals surface area contributed by atoms with Crippen molar-refractivity contribution in [3.63, 3.8) is 0 Å². The molecule has 0 radical (unpaired) electrons. The Morgan fingerprint density at radius 2 is 1.71 bits per heavy atom. The number of rotatable bonds is 5. The third-order valence-corrected chi connectivity index (χ3v) is 6.06. The zero-order chi connectivity index (χ0) is 17.9. The molecule has 0 spiro atoms. The van der Waals surface area contributed by atoms with Gasteiger partial charge in [-0.25, -0.2) is 0 Å². The van der Waals surface area contributed by atoms with Gasteiger partial charge < -0.3 is 5.32 Å². The SMILES string of the molecule is CC[C@@H]1S[C@@H](CC)C(=O)N(CC(=O)Nc2cccc(C)c2C)C1=O. The van der Waals surface area contributed by atoms with E-state index in [2.05, 4.69) is 5.32 Å². The van der Waals surface area contributed by atoms with Gasteiger partial charge in [-0.15, -0.1) is 11.8 Å². The summed E-state index contributed by atoms with van der Waals surface area (Å²) in [5, 5.41) is 2.32. The van der Waals surface area contributed by atoms with Crippen LogP contribution in [-0.4, -0.2) is 39.7 Å². The second-order valence-corrected chi connectivity index (χ2v) is 7.40. The lowest BCUT2D eigenvalue weighted by Gasteiger charge is -2.34. The monoisotopic (exact) mass is 348 g/mol. The first-order valence-electron chi connectivity index (χ1n) is 8.25. The molecule has 0 saturated carbocycles. The van der Waals surface area contributed by atoms with E-state index in [0.29, 0.717) is 18.5 Å². The molecule has 1 fully saturated rings. The standard InChI is InChI=1S/C18H24N2O3S/c1-5-14-17(22)20(18(23)15(6-2)24-14)10-16(21)19-13-9-7-8-11(3)12(13)4/h7-9,14-15H,5-6,10H2,1-4H3,(H,19,21)/t14-,15-/m0/s1. The van der Waals surface area contributed by atoms with Gasteiger partial charge in [0, 0.05) is 5.69 Å². The largest absolute Gasteiger partial charge is 0.324 e. The number of benzene rings is 1. The molecule has 2 atom stereocenters. The lowest BCUT2D eigenvalue weighted by molar-refractivity contribution is -0.147. The summed E-state index contributed by atoms with van der Waals surface area (Å²) < 4.78 is 0. The maximum absolute atomic E-state index is 12.4. The van der Waals surface area contributed by atoms with E-state index in [1.54, 1.807) is 0 Å². The fraction of sp³-hybridized carbons (Fsp3) is 0.500. The van der Waals surface area contributed by atoms with Gasteiger partial charge in [-0.05, 0) is 43.9 Å². The number of carbonyl (C=O) groups is 3. The third kappa shape index (κ3) is 3.80. The first-order chi connectivity index (χ1) is 11.4. The molecule has 1 aromatic carbocycles. The van der Waals surface area contributed by atoms with Gasteiger partial charge in [0.1, 0.15) is 6.54 Å². The fourth-order valence-electron chi connectivity index (χ4n) is 2.69. The smallest absolute Gasteiger partial charge is 0.244 e. The van der Waals surface area contributed by atoms with Crippen LogP contribution in [0, 0.1) is 13.8 Å². The van der Waals surface area contributed by atoms with Crippen LogP contribution in [0.2, 0.25) is 0 Å². The Morgan fingerprint density at radius 1 is 1.12 bits per heavy atom. The van der Waals surface area contributed by atoms with Crippen molar-refractivity contribution >= 4 is 35.2 Å². The van der Waals surface area contributed by atoms with E-state index in [9.17, 15) is 14.4 Å². The molecule has 24 heavy (non-hydrogen) atoms. The minimum Gasteiger partial charge on any atom is -0.324 e. The highest BCUT2D eigenvalue weighted by Gasteiger charge is 2.40. The van der Waals surface area contributed by atoms with Crippen molar-refractivity contribution in [3.8, 4) is 0 Å². The number of amides is 3. The van der Waals surface area contributed by atoms with Crippen LogP contribution in [0.4, 0.5) is 5.69 Å². The molecule has 3 amide bonds. The third-order valence-electron chi connectivity index (χ3n) is 4.33. The van der Waals surface area contributed by atoms with Crippen LogP contribution in [0.1, 0.15) is 37.8 Å². The Balaban J connectivity index is 2.12. The number of hydrogen-bond donors (Lipinski definition) is 1. The summed E-state index contributed by atoms with van der Waals surface area (Å²) in [6.07, 6.45) is 1.31. The molecule has 1 N–H and O–H groups in total. The average molecular weight is 348 g/mol. The summed E-state index contributed by atoms with van der Waals surface area (Å²) >= 11 is 1.41. The van der Waals surface area contributed by atoms with Gasteiger partial charge >= 0.3 is 0 Å². The molecule has 1 aliphatic rings. The Labute approximate surface area is 147 Å². The van der Waals surface area contributed by atoms with Gasteiger partial charge in [-0.1, -0.05) is 26.0 Å². The maximum Gasteiger partial charge on any atom is 0.244 e. The van der Waals surface area contributed by atoms with Crippen LogP contribution in [0.15, 0.2) is 18.2 Å². The first kappa shape index (κ1) is 18.5. The molecule has 0 unspecified atom stereocenters. The molecule has 1 saturated heterocycles. The lowest BCUT2D eigenvalue weighted by atomic mass is 10.1. The topological polar surface area (TPSA) is 66.5 Å². The summed E-state index contributed by atoms with van der Waals surface area (Å²) in [6, 6.07) is 5.66. The van der Waals surface area contributed by atoms with Crippen LogP contribution in [0.3, 0.4) is 0 Å². The van der Waals surface area contributed by atoms with Gasteiger partial charge in [0.2, 0.25) is 17.7 Å².